The molecule has 0 fully saturated rings. The number of nitrogens with zero attached hydrogens (tertiary/aromatic N) is 2. The first-order valence-corrected chi connectivity index (χ1v) is 24.0. The number of fused-ring (bicyclic) bond motifs is 2. The van der Waals surface area contributed by atoms with E-state index in [9.17, 15) is 0 Å². The molecule has 70 heavy (non-hydrogen) atoms. The van der Waals surface area contributed by atoms with Crippen LogP contribution in [0.4, 0.5) is 34.1 Å². The molecule has 0 atom stereocenters. The lowest BCUT2D eigenvalue weighted by molar-refractivity contribution is 0.667. The van der Waals surface area contributed by atoms with Crippen LogP contribution >= 0.6 is 0 Å². The molecule has 0 radical (unpaired) electrons. The van der Waals surface area contributed by atoms with Gasteiger partial charge >= 0.3 is 0 Å². The van der Waals surface area contributed by atoms with E-state index in [-0.39, 0.29) is 0 Å². The molecule has 1 heterocycles. The third-order valence-electron chi connectivity index (χ3n) is 14.1. The SMILES string of the molecule is c1ccc(-c2ccc(N(c3ccccc3)c3ccc4c5c3oc3c(N(c6ccccc6)c6ccc(-c7ccccc7)cc6)ccc(c35)C(c3ccccc3)(c3ccccc3)c3ccccc3-4)cc2)cc1. The average molecular weight is 895 g/mol. The molecule has 3 nitrogen and oxygen atoms in total. The molecule has 13 rings (SSSR count). The van der Waals surface area contributed by atoms with E-state index < -0.39 is 5.41 Å². The number of furan rings is 1. The van der Waals surface area contributed by atoms with E-state index in [1.807, 2.05) is 0 Å². The van der Waals surface area contributed by atoms with Gasteiger partial charge in [-0.1, -0.05) is 218 Å². The maximum Gasteiger partial charge on any atom is 0.160 e. The van der Waals surface area contributed by atoms with Crippen molar-refractivity contribution in [2.45, 2.75) is 5.41 Å². The van der Waals surface area contributed by atoms with Crippen LogP contribution in [0.15, 0.2) is 283 Å². The summed E-state index contributed by atoms with van der Waals surface area (Å²) in [6.07, 6.45) is 0. The number of anilines is 6. The van der Waals surface area contributed by atoms with Gasteiger partial charge in [-0.25, -0.2) is 0 Å². The summed E-state index contributed by atoms with van der Waals surface area (Å²) in [4.78, 5) is 4.71. The van der Waals surface area contributed by atoms with Crippen LogP contribution in [0.3, 0.4) is 0 Å². The van der Waals surface area contributed by atoms with Gasteiger partial charge in [0.1, 0.15) is 0 Å². The molecular formula is C67H46N2O. The van der Waals surface area contributed by atoms with Crippen molar-refractivity contribution in [3.63, 3.8) is 0 Å². The summed E-state index contributed by atoms with van der Waals surface area (Å²) < 4.78 is 7.80. The number of benzene rings is 11. The van der Waals surface area contributed by atoms with Crippen LogP contribution in [0.25, 0.3) is 55.3 Å². The molecular weight excluding hydrogens is 849 g/mol. The predicted octanol–water partition coefficient (Wildman–Crippen LogP) is 18.2. The quantitative estimate of drug-likeness (QED) is 0.136. The highest BCUT2D eigenvalue weighted by atomic mass is 16.3. The molecule has 0 aliphatic heterocycles. The Labute approximate surface area is 408 Å². The van der Waals surface area contributed by atoms with Crippen LogP contribution in [0.2, 0.25) is 0 Å². The number of hydrogen-bond acceptors (Lipinski definition) is 3. The molecule has 0 amide bonds. The maximum atomic E-state index is 7.80. The van der Waals surface area contributed by atoms with Crippen LogP contribution in [0.1, 0.15) is 22.3 Å². The Balaban J connectivity index is 1.15. The molecule has 330 valence electrons. The van der Waals surface area contributed by atoms with Gasteiger partial charge in [0.05, 0.1) is 16.8 Å². The molecule has 12 aromatic rings. The molecule has 3 heteroatoms. The first-order chi connectivity index (χ1) is 34.8. The van der Waals surface area contributed by atoms with Gasteiger partial charge < -0.3 is 14.2 Å². The zero-order chi connectivity index (χ0) is 46.4. The third kappa shape index (κ3) is 6.66. The monoisotopic (exact) mass is 894 g/mol. The summed E-state index contributed by atoms with van der Waals surface area (Å²) in [5.41, 5.74) is 18.7. The largest absolute Gasteiger partial charge is 0.452 e. The second-order valence-electron chi connectivity index (χ2n) is 18.0. The van der Waals surface area contributed by atoms with Crippen LogP contribution in [-0.4, -0.2) is 0 Å². The maximum absolute atomic E-state index is 7.80. The Morgan fingerprint density at radius 1 is 0.257 bits per heavy atom. The lowest BCUT2D eigenvalue weighted by Crippen LogP contribution is -2.31. The van der Waals surface area contributed by atoms with Crippen molar-refractivity contribution in [3.05, 3.63) is 301 Å². The molecule has 0 bridgehead atoms. The molecule has 0 saturated carbocycles. The fourth-order valence-corrected chi connectivity index (χ4v) is 11.1. The van der Waals surface area contributed by atoms with Crippen molar-refractivity contribution in [2.75, 3.05) is 9.80 Å². The lowest BCUT2D eigenvalue weighted by atomic mass is 9.63. The van der Waals surface area contributed by atoms with Crippen molar-refractivity contribution < 1.29 is 4.42 Å². The summed E-state index contributed by atoms with van der Waals surface area (Å²) in [6, 6.07) is 101. The molecule has 1 aromatic heterocycles. The van der Waals surface area contributed by atoms with Gasteiger partial charge in [0, 0.05) is 33.5 Å². The second kappa shape index (κ2) is 17.2. The van der Waals surface area contributed by atoms with Crippen molar-refractivity contribution in [3.8, 4) is 33.4 Å². The fraction of sp³-hybridized carbons (Fsp3) is 0.0149. The minimum atomic E-state index is -0.729. The van der Waals surface area contributed by atoms with Gasteiger partial charge in [-0.3, -0.25) is 0 Å². The van der Waals surface area contributed by atoms with Gasteiger partial charge in [0.2, 0.25) is 0 Å². The first-order valence-electron chi connectivity index (χ1n) is 24.0. The standard InChI is InChI=1S/C67H46N2O/c1-7-21-47(22-8-1)49-35-39-55(40-36-49)68(53-29-15-5-16-30-53)61-45-43-58-57-33-19-20-34-59(57)67(51-25-11-3-12-26-51,52-27-13-4-14-28-52)60-44-46-62(66-64(60)63(58)65(61)70-66)69(54-31-17-6-18-32-54)56-41-37-50(38-42-56)48-23-9-2-10-24-48/h1-46H. The van der Waals surface area contributed by atoms with E-state index >= 15 is 0 Å². The normalized spacial score (nSPS) is 12.4. The van der Waals surface area contributed by atoms with Crippen molar-refractivity contribution in [1.82, 2.24) is 0 Å². The highest BCUT2D eigenvalue weighted by molar-refractivity contribution is 6.22. The Morgan fingerprint density at radius 3 is 1.11 bits per heavy atom. The van der Waals surface area contributed by atoms with Crippen LogP contribution in [0.5, 0.6) is 0 Å². The van der Waals surface area contributed by atoms with Gasteiger partial charge in [-0.05, 0) is 116 Å². The minimum absolute atomic E-state index is 0.729. The molecule has 1 aliphatic rings. The van der Waals surface area contributed by atoms with Gasteiger partial charge in [-0.15, -0.1) is 0 Å². The molecule has 0 N–H and O–H groups in total. The fourth-order valence-electron chi connectivity index (χ4n) is 11.1. The summed E-state index contributed by atoms with van der Waals surface area (Å²) in [7, 11) is 0. The Morgan fingerprint density at radius 2 is 0.629 bits per heavy atom. The van der Waals surface area contributed by atoms with Gasteiger partial charge in [0.25, 0.3) is 0 Å². The lowest BCUT2D eigenvalue weighted by Gasteiger charge is -2.38. The van der Waals surface area contributed by atoms with Crippen molar-refractivity contribution in [1.29, 1.82) is 0 Å². The minimum Gasteiger partial charge on any atom is -0.452 e. The molecule has 0 unspecified atom stereocenters. The molecule has 1 aliphatic carbocycles. The topological polar surface area (TPSA) is 19.6 Å². The summed E-state index contributed by atoms with van der Waals surface area (Å²) in [5, 5.41) is 2.17. The van der Waals surface area contributed by atoms with Gasteiger partial charge in [0.15, 0.2) is 11.2 Å². The molecule has 0 saturated heterocycles. The number of hydrogen-bond donors (Lipinski definition) is 0. The molecule has 0 spiro atoms. The zero-order valence-corrected chi connectivity index (χ0v) is 38.4. The van der Waals surface area contributed by atoms with E-state index in [0.29, 0.717) is 0 Å². The number of rotatable bonds is 10. The Hall–Kier alpha value is -9.18. The highest BCUT2D eigenvalue weighted by Gasteiger charge is 2.45. The Kier molecular flexibility index (Phi) is 10.1. The number of para-hydroxylation sites is 2. The smallest absolute Gasteiger partial charge is 0.160 e. The van der Waals surface area contributed by atoms with Gasteiger partial charge in [-0.2, -0.15) is 0 Å². The third-order valence-corrected chi connectivity index (χ3v) is 14.1. The van der Waals surface area contributed by atoms with Crippen molar-refractivity contribution >= 4 is 56.1 Å². The van der Waals surface area contributed by atoms with Crippen LogP contribution in [0, 0.1) is 0 Å². The van der Waals surface area contributed by atoms with E-state index in [1.165, 1.54) is 33.4 Å². The average Bonchev–Trinajstić information content (AvgIpc) is 3.81. The summed E-state index contributed by atoms with van der Waals surface area (Å²) >= 11 is 0. The van der Waals surface area contributed by atoms with E-state index in [2.05, 4.69) is 289 Å². The summed E-state index contributed by atoms with van der Waals surface area (Å²) in [5.74, 6) is 0. The van der Waals surface area contributed by atoms with E-state index in [1.54, 1.807) is 0 Å². The van der Waals surface area contributed by atoms with E-state index in [4.69, 9.17) is 4.42 Å². The van der Waals surface area contributed by atoms with Crippen LogP contribution in [-0.2, 0) is 5.41 Å². The second-order valence-corrected chi connectivity index (χ2v) is 18.0. The zero-order valence-electron chi connectivity index (χ0n) is 38.4. The highest BCUT2D eigenvalue weighted by Crippen LogP contribution is 2.59. The van der Waals surface area contributed by atoms with E-state index in [0.717, 1.165) is 78.3 Å². The van der Waals surface area contributed by atoms with Crippen LogP contribution < -0.4 is 9.80 Å². The van der Waals surface area contributed by atoms with Crippen molar-refractivity contribution in [2.24, 2.45) is 0 Å². The first kappa shape index (κ1) is 41.0. The summed E-state index contributed by atoms with van der Waals surface area (Å²) in [6.45, 7) is 0. The Bertz CT molecular complexity index is 3740. The molecule has 11 aromatic carbocycles. The predicted molar refractivity (Wildman–Crippen MR) is 291 cm³/mol.